The molecule has 4 aromatic rings. The smallest absolute Gasteiger partial charge is 0.211 e. The molecule has 7 heteroatoms. The summed E-state index contributed by atoms with van der Waals surface area (Å²) in [7, 11) is 0. The molecule has 0 aliphatic rings. The monoisotopic (exact) mass is 406 g/mol. The lowest BCUT2D eigenvalue weighted by Gasteiger charge is -2.03. The summed E-state index contributed by atoms with van der Waals surface area (Å²) in [4.78, 5) is 11.0. The van der Waals surface area contributed by atoms with Crippen molar-refractivity contribution in [3.8, 4) is 16.3 Å². The van der Waals surface area contributed by atoms with Gasteiger partial charge < -0.3 is 4.74 Å². The molecule has 0 spiro atoms. The van der Waals surface area contributed by atoms with Crippen molar-refractivity contribution in [1.82, 2.24) is 9.66 Å². The molecule has 0 saturated carbocycles. The molecule has 0 saturated heterocycles. The van der Waals surface area contributed by atoms with Gasteiger partial charge in [0.05, 0.1) is 34.8 Å². The van der Waals surface area contributed by atoms with Crippen molar-refractivity contribution in [1.29, 1.82) is 0 Å². The fourth-order valence-corrected chi connectivity index (χ4v) is 4.20. The van der Waals surface area contributed by atoms with Crippen LogP contribution in [0.25, 0.3) is 10.6 Å². The summed E-state index contributed by atoms with van der Waals surface area (Å²) in [5.41, 5.74) is 2.66. The molecule has 0 aliphatic heterocycles. The summed E-state index contributed by atoms with van der Waals surface area (Å²) in [6.45, 7) is 2.62. The fraction of sp³-hybridized carbons (Fsp3) is 0.0952. The molecule has 0 aliphatic carbocycles. The summed E-state index contributed by atoms with van der Waals surface area (Å²) in [5, 5.41) is 8.80. The van der Waals surface area contributed by atoms with E-state index in [0.717, 1.165) is 32.5 Å². The van der Waals surface area contributed by atoms with Crippen LogP contribution in [0.15, 0.2) is 81.6 Å². The lowest BCUT2D eigenvalue weighted by Crippen LogP contribution is -2.11. The van der Waals surface area contributed by atoms with Crippen LogP contribution in [0, 0.1) is 0 Å². The first kappa shape index (κ1) is 18.3. The predicted molar refractivity (Wildman–Crippen MR) is 116 cm³/mol. The second-order valence-electron chi connectivity index (χ2n) is 5.73. The van der Waals surface area contributed by atoms with Gasteiger partial charge in [0.2, 0.25) is 4.80 Å². The molecule has 140 valence electrons. The Hall–Kier alpha value is -3.03. The van der Waals surface area contributed by atoms with E-state index in [9.17, 15) is 0 Å². The minimum atomic E-state index is 0.647. The first-order chi connectivity index (χ1) is 13.8. The van der Waals surface area contributed by atoms with Crippen LogP contribution in [0.4, 0.5) is 5.69 Å². The van der Waals surface area contributed by atoms with E-state index < -0.39 is 0 Å². The zero-order chi connectivity index (χ0) is 19.2. The van der Waals surface area contributed by atoms with Gasteiger partial charge in [0, 0.05) is 11.6 Å². The molecule has 0 bridgehead atoms. The van der Waals surface area contributed by atoms with Crippen molar-refractivity contribution in [3.05, 3.63) is 82.0 Å². The third-order valence-electron chi connectivity index (χ3n) is 3.82. The van der Waals surface area contributed by atoms with Gasteiger partial charge in [0.15, 0.2) is 0 Å². The minimum Gasteiger partial charge on any atom is -0.494 e. The Bertz CT molecular complexity index is 1110. The van der Waals surface area contributed by atoms with E-state index in [2.05, 4.69) is 26.9 Å². The number of aromatic nitrogens is 2. The molecule has 28 heavy (non-hydrogen) atoms. The van der Waals surface area contributed by atoms with Crippen LogP contribution in [0.3, 0.4) is 0 Å². The van der Waals surface area contributed by atoms with Crippen LogP contribution in [0.2, 0.25) is 0 Å². The van der Waals surface area contributed by atoms with Crippen molar-refractivity contribution in [2.75, 3.05) is 6.61 Å². The maximum Gasteiger partial charge on any atom is 0.211 e. The Balaban J connectivity index is 1.75. The number of benzene rings is 1. The van der Waals surface area contributed by atoms with Crippen molar-refractivity contribution in [3.63, 3.8) is 0 Å². The average molecular weight is 407 g/mol. The maximum absolute atomic E-state index is 5.50. The topological polar surface area (TPSA) is 51.8 Å². The molecule has 0 unspecified atom stereocenters. The third-order valence-corrected chi connectivity index (χ3v) is 5.53. The summed E-state index contributed by atoms with van der Waals surface area (Å²) in [6, 6.07) is 17.6. The SMILES string of the molecule is CCOc1ccc(N=c2scc(-c3cccs3)n2N=Cc2ccccn2)cc1. The van der Waals surface area contributed by atoms with Crippen molar-refractivity contribution in [2.24, 2.45) is 10.1 Å². The highest BCUT2D eigenvalue weighted by molar-refractivity contribution is 7.14. The number of hydrogen-bond acceptors (Lipinski definition) is 6. The molecular formula is C21H18N4OS2. The summed E-state index contributed by atoms with van der Waals surface area (Å²) in [5.74, 6) is 0.841. The van der Waals surface area contributed by atoms with Gasteiger partial charge in [0.25, 0.3) is 0 Å². The van der Waals surface area contributed by atoms with Gasteiger partial charge in [0.1, 0.15) is 5.75 Å². The number of pyridine rings is 1. The highest BCUT2D eigenvalue weighted by atomic mass is 32.1. The molecule has 0 N–H and O–H groups in total. The number of thiophene rings is 1. The zero-order valence-corrected chi connectivity index (χ0v) is 16.9. The number of rotatable bonds is 6. The Morgan fingerprint density at radius 3 is 2.68 bits per heavy atom. The normalized spacial score (nSPS) is 12.0. The molecule has 3 heterocycles. The first-order valence-electron chi connectivity index (χ1n) is 8.81. The Labute approximate surface area is 171 Å². The van der Waals surface area contributed by atoms with Crippen molar-refractivity contribution < 1.29 is 4.74 Å². The average Bonchev–Trinajstić information content (AvgIpc) is 3.39. The molecule has 0 amide bonds. The Morgan fingerprint density at radius 1 is 1.07 bits per heavy atom. The highest BCUT2D eigenvalue weighted by Crippen LogP contribution is 2.25. The van der Waals surface area contributed by atoms with E-state index in [0.29, 0.717) is 6.61 Å². The molecule has 0 atom stereocenters. The highest BCUT2D eigenvalue weighted by Gasteiger charge is 2.08. The molecule has 1 aromatic carbocycles. The van der Waals surface area contributed by atoms with Crippen molar-refractivity contribution in [2.45, 2.75) is 6.92 Å². The largest absolute Gasteiger partial charge is 0.494 e. The molecule has 0 radical (unpaired) electrons. The van der Waals surface area contributed by atoms with Gasteiger partial charge in [-0.15, -0.1) is 22.7 Å². The number of ether oxygens (including phenoxy) is 1. The maximum atomic E-state index is 5.50. The third kappa shape index (κ3) is 4.27. The lowest BCUT2D eigenvalue weighted by molar-refractivity contribution is 0.340. The minimum absolute atomic E-state index is 0.647. The first-order valence-corrected chi connectivity index (χ1v) is 10.6. The summed E-state index contributed by atoms with van der Waals surface area (Å²) >= 11 is 3.23. The molecular weight excluding hydrogens is 388 g/mol. The van der Waals surface area contributed by atoms with E-state index in [4.69, 9.17) is 9.73 Å². The predicted octanol–water partition coefficient (Wildman–Crippen LogP) is 5.19. The van der Waals surface area contributed by atoms with Gasteiger partial charge in [-0.1, -0.05) is 12.1 Å². The fourth-order valence-electron chi connectivity index (χ4n) is 2.55. The van der Waals surface area contributed by atoms with Crippen LogP contribution >= 0.6 is 22.7 Å². The van der Waals surface area contributed by atoms with E-state index in [1.807, 2.05) is 60.1 Å². The van der Waals surface area contributed by atoms with Gasteiger partial charge in [-0.2, -0.15) is 5.10 Å². The van der Waals surface area contributed by atoms with Crippen molar-refractivity contribution >= 4 is 34.6 Å². The van der Waals surface area contributed by atoms with E-state index in [1.54, 1.807) is 35.1 Å². The van der Waals surface area contributed by atoms with E-state index in [-0.39, 0.29) is 0 Å². The Morgan fingerprint density at radius 2 is 1.96 bits per heavy atom. The zero-order valence-electron chi connectivity index (χ0n) is 15.2. The van der Waals surface area contributed by atoms with Gasteiger partial charge >= 0.3 is 0 Å². The summed E-state index contributed by atoms with van der Waals surface area (Å²) in [6.07, 6.45) is 3.51. The molecule has 3 aromatic heterocycles. The molecule has 5 nitrogen and oxygen atoms in total. The quantitative estimate of drug-likeness (QED) is 0.414. The summed E-state index contributed by atoms with van der Waals surface area (Å²) < 4.78 is 7.36. The molecule has 0 fully saturated rings. The Kier molecular flexibility index (Phi) is 5.75. The number of nitrogens with zero attached hydrogens (tertiary/aromatic N) is 4. The van der Waals surface area contributed by atoms with E-state index in [1.165, 1.54) is 0 Å². The number of thiazole rings is 1. The number of hydrogen-bond donors (Lipinski definition) is 0. The van der Waals surface area contributed by atoms with Crippen LogP contribution in [0.1, 0.15) is 12.6 Å². The van der Waals surface area contributed by atoms with Crippen LogP contribution in [-0.2, 0) is 0 Å². The van der Waals surface area contributed by atoms with Gasteiger partial charge in [-0.3, -0.25) is 4.98 Å². The van der Waals surface area contributed by atoms with Crippen LogP contribution in [-0.4, -0.2) is 22.5 Å². The second kappa shape index (κ2) is 8.77. The van der Waals surface area contributed by atoms with E-state index >= 15 is 0 Å². The van der Waals surface area contributed by atoms with Crippen LogP contribution < -0.4 is 9.54 Å². The molecule has 4 rings (SSSR count). The van der Waals surface area contributed by atoms with Gasteiger partial charge in [-0.05, 0) is 54.8 Å². The van der Waals surface area contributed by atoms with Crippen LogP contribution in [0.5, 0.6) is 5.75 Å². The lowest BCUT2D eigenvalue weighted by atomic mass is 10.3. The second-order valence-corrected chi connectivity index (χ2v) is 7.51. The van der Waals surface area contributed by atoms with Gasteiger partial charge in [-0.25, -0.2) is 9.67 Å². The standard InChI is InChI=1S/C21H18N4OS2/c1-2-26-18-10-8-16(9-11-18)24-21-25(23-14-17-6-3-4-12-22-17)19(15-28-21)20-7-5-13-27-20/h3-15H,2H2,1H3.